The van der Waals surface area contributed by atoms with E-state index in [4.69, 9.17) is 4.74 Å². The van der Waals surface area contributed by atoms with Crippen molar-refractivity contribution in [3.05, 3.63) is 65.9 Å². The number of hydrogen-bond donors (Lipinski definition) is 3. The summed E-state index contributed by atoms with van der Waals surface area (Å²) in [5, 5.41) is 10.9. The van der Waals surface area contributed by atoms with Crippen molar-refractivity contribution in [1.29, 1.82) is 0 Å². The van der Waals surface area contributed by atoms with Crippen molar-refractivity contribution in [2.45, 2.75) is 25.7 Å². The molecule has 0 radical (unpaired) electrons. The highest BCUT2D eigenvalue weighted by atomic mass is 19.1. The first kappa shape index (κ1) is 25.5. The highest BCUT2D eigenvalue weighted by molar-refractivity contribution is 5.78. The van der Waals surface area contributed by atoms with Gasteiger partial charge in [0.15, 0.2) is 11.6 Å². The largest absolute Gasteiger partial charge is 0.378 e. The Morgan fingerprint density at radius 3 is 2.75 bits per heavy atom. The Labute approximate surface area is 211 Å². The maximum atomic E-state index is 14.2. The van der Waals surface area contributed by atoms with E-state index in [1.54, 1.807) is 12.4 Å². The number of nitrogens with zero attached hydrogens (tertiary/aromatic N) is 5. The van der Waals surface area contributed by atoms with Gasteiger partial charge in [-0.3, -0.25) is 4.98 Å². The number of hydrogen-bond acceptors (Lipinski definition) is 9. The van der Waals surface area contributed by atoms with E-state index in [-0.39, 0.29) is 11.8 Å². The molecule has 3 heterocycles. The fraction of sp³-hybridized carbons (Fsp3) is 0.385. The number of pyridine rings is 1. The van der Waals surface area contributed by atoms with Gasteiger partial charge in [-0.15, -0.1) is 0 Å². The minimum Gasteiger partial charge on any atom is -0.378 e. The van der Waals surface area contributed by atoms with Crippen molar-refractivity contribution >= 4 is 29.4 Å². The van der Waals surface area contributed by atoms with E-state index in [0.29, 0.717) is 37.9 Å². The molecule has 0 bridgehead atoms. The van der Waals surface area contributed by atoms with Gasteiger partial charge in [-0.25, -0.2) is 14.8 Å². The van der Waals surface area contributed by atoms with Crippen molar-refractivity contribution in [2.75, 3.05) is 55.5 Å². The number of hydrazone groups is 1. The van der Waals surface area contributed by atoms with Crippen molar-refractivity contribution < 1.29 is 9.13 Å². The Kier molecular flexibility index (Phi) is 9.12. The van der Waals surface area contributed by atoms with Crippen LogP contribution < -0.4 is 21.0 Å². The van der Waals surface area contributed by atoms with Crippen LogP contribution in [0, 0.1) is 5.82 Å². The lowest BCUT2D eigenvalue weighted by molar-refractivity contribution is 0.122. The van der Waals surface area contributed by atoms with Gasteiger partial charge in [0.1, 0.15) is 0 Å². The Morgan fingerprint density at radius 2 is 2.00 bits per heavy atom. The average molecular weight is 493 g/mol. The molecule has 9 nitrogen and oxygen atoms in total. The van der Waals surface area contributed by atoms with Crippen LogP contribution in [0.4, 0.5) is 27.5 Å². The summed E-state index contributed by atoms with van der Waals surface area (Å²) in [5.41, 5.74) is 6.64. The minimum atomic E-state index is -0.468. The van der Waals surface area contributed by atoms with Crippen LogP contribution >= 0.6 is 0 Å². The molecule has 1 aliphatic heterocycles. The monoisotopic (exact) mass is 492 g/mol. The number of anilines is 4. The van der Waals surface area contributed by atoms with E-state index in [9.17, 15) is 4.39 Å². The number of rotatable bonds is 11. The molecule has 36 heavy (non-hydrogen) atoms. The molecule has 1 saturated heterocycles. The smallest absolute Gasteiger partial charge is 0.245 e. The second-order valence-electron chi connectivity index (χ2n) is 8.60. The Balaban J connectivity index is 1.35. The van der Waals surface area contributed by atoms with Crippen LogP contribution in [0.5, 0.6) is 0 Å². The summed E-state index contributed by atoms with van der Waals surface area (Å²) >= 11 is 0. The van der Waals surface area contributed by atoms with Crippen LogP contribution in [0.25, 0.3) is 0 Å². The molecule has 1 atom stereocenters. The van der Waals surface area contributed by atoms with Gasteiger partial charge in [-0.1, -0.05) is 25.5 Å². The molecule has 190 valence electrons. The van der Waals surface area contributed by atoms with Gasteiger partial charge in [0.2, 0.25) is 5.95 Å². The Hall–Kier alpha value is -3.63. The molecule has 0 aliphatic carbocycles. The standard InChI is InChI=1S/C26H33FN8O/c1-3-5-20(15-28-2)19-6-4-7-21(14-19)32-23-9-8-22(29-16-23)17-31-34-26-30-18-24(27)25(33-26)35-10-12-36-13-11-35/h4,6-9,14,16-18,20,28,32H,3,5,10-13,15H2,1-2H3,(H,30,33,34)/b31-17+. The third-order valence-corrected chi connectivity index (χ3v) is 5.92. The molecular formula is C26H33FN8O. The number of aromatic nitrogens is 3. The topological polar surface area (TPSA) is 99.6 Å². The van der Waals surface area contributed by atoms with Crippen molar-refractivity contribution in [2.24, 2.45) is 5.10 Å². The van der Waals surface area contributed by atoms with E-state index in [0.717, 1.165) is 37.0 Å². The van der Waals surface area contributed by atoms with Crippen molar-refractivity contribution in [3.63, 3.8) is 0 Å². The first-order valence-electron chi connectivity index (χ1n) is 12.3. The maximum Gasteiger partial charge on any atom is 0.245 e. The van der Waals surface area contributed by atoms with Crippen LogP contribution in [0.1, 0.15) is 36.9 Å². The van der Waals surface area contributed by atoms with E-state index in [2.05, 4.69) is 67.3 Å². The van der Waals surface area contributed by atoms with E-state index >= 15 is 0 Å². The van der Waals surface area contributed by atoms with Gasteiger partial charge in [0, 0.05) is 25.3 Å². The second-order valence-corrected chi connectivity index (χ2v) is 8.60. The summed E-state index contributed by atoms with van der Waals surface area (Å²) in [6.45, 7) is 5.43. The number of ether oxygens (including phenoxy) is 1. The quantitative estimate of drug-likeness (QED) is 0.271. The molecule has 3 N–H and O–H groups in total. The van der Waals surface area contributed by atoms with Gasteiger partial charge in [-0.05, 0) is 49.2 Å². The third kappa shape index (κ3) is 6.96. The minimum absolute atomic E-state index is 0.215. The zero-order valence-electron chi connectivity index (χ0n) is 20.7. The lowest BCUT2D eigenvalue weighted by Crippen LogP contribution is -2.37. The molecular weight excluding hydrogens is 459 g/mol. The van der Waals surface area contributed by atoms with Crippen molar-refractivity contribution in [1.82, 2.24) is 20.3 Å². The molecule has 1 fully saturated rings. The maximum absolute atomic E-state index is 14.2. The summed E-state index contributed by atoms with van der Waals surface area (Å²) in [4.78, 5) is 14.5. The SMILES string of the molecule is CCCC(CNC)c1cccc(Nc2ccc(/C=N/Nc3ncc(F)c(N4CCOCC4)n3)nc2)c1. The molecule has 0 spiro atoms. The predicted molar refractivity (Wildman–Crippen MR) is 142 cm³/mol. The number of nitrogens with one attached hydrogen (secondary N) is 3. The summed E-state index contributed by atoms with van der Waals surface area (Å²) in [7, 11) is 1.99. The predicted octanol–water partition coefficient (Wildman–Crippen LogP) is 4.14. The molecule has 10 heteroatoms. The van der Waals surface area contributed by atoms with Gasteiger partial charge in [0.25, 0.3) is 0 Å². The van der Waals surface area contributed by atoms with E-state index < -0.39 is 5.82 Å². The first-order chi connectivity index (χ1) is 17.7. The second kappa shape index (κ2) is 12.9. The van der Waals surface area contributed by atoms with Gasteiger partial charge in [0.05, 0.1) is 43.2 Å². The molecule has 0 amide bonds. The number of likely N-dealkylation sites (N-methyl/N-ethyl adjacent to an activating group) is 1. The Morgan fingerprint density at radius 1 is 1.14 bits per heavy atom. The summed E-state index contributed by atoms with van der Waals surface area (Å²) in [6, 6.07) is 12.3. The van der Waals surface area contributed by atoms with Gasteiger partial charge in [-0.2, -0.15) is 10.1 Å². The molecule has 3 aromatic rings. The number of benzene rings is 1. The third-order valence-electron chi connectivity index (χ3n) is 5.92. The summed E-state index contributed by atoms with van der Waals surface area (Å²) in [5.74, 6) is 0.480. The highest BCUT2D eigenvalue weighted by Crippen LogP contribution is 2.25. The fourth-order valence-corrected chi connectivity index (χ4v) is 4.14. The molecule has 2 aromatic heterocycles. The summed E-state index contributed by atoms with van der Waals surface area (Å²) < 4.78 is 19.5. The zero-order valence-corrected chi connectivity index (χ0v) is 20.7. The molecule has 4 rings (SSSR count). The van der Waals surface area contributed by atoms with E-state index in [1.165, 1.54) is 5.56 Å². The number of halogens is 1. The van der Waals surface area contributed by atoms with Crippen molar-refractivity contribution in [3.8, 4) is 0 Å². The normalized spacial score (nSPS) is 14.7. The van der Waals surface area contributed by atoms with Crippen LogP contribution in [0.2, 0.25) is 0 Å². The van der Waals surface area contributed by atoms with Crippen LogP contribution in [0.3, 0.4) is 0 Å². The molecule has 0 saturated carbocycles. The first-order valence-corrected chi connectivity index (χ1v) is 12.3. The molecule has 1 aliphatic rings. The summed E-state index contributed by atoms with van der Waals surface area (Å²) in [6.07, 6.45) is 6.76. The van der Waals surface area contributed by atoms with Crippen LogP contribution in [0.15, 0.2) is 53.9 Å². The van der Waals surface area contributed by atoms with Crippen LogP contribution in [-0.4, -0.2) is 61.1 Å². The lowest BCUT2D eigenvalue weighted by Gasteiger charge is -2.27. The highest BCUT2D eigenvalue weighted by Gasteiger charge is 2.17. The lowest BCUT2D eigenvalue weighted by atomic mass is 9.94. The molecule has 1 unspecified atom stereocenters. The fourth-order valence-electron chi connectivity index (χ4n) is 4.14. The van der Waals surface area contributed by atoms with Gasteiger partial charge < -0.3 is 20.3 Å². The Bertz CT molecular complexity index is 1130. The van der Waals surface area contributed by atoms with Crippen LogP contribution in [-0.2, 0) is 4.74 Å². The van der Waals surface area contributed by atoms with Gasteiger partial charge >= 0.3 is 0 Å². The number of morpholine rings is 1. The van der Waals surface area contributed by atoms with E-state index in [1.807, 2.05) is 24.1 Å². The molecule has 1 aromatic carbocycles. The zero-order chi connectivity index (χ0) is 25.2. The average Bonchev–Trinajstić information content (AvgIpc) is 2.91.